The largest absolute Gasteiger partial charge is 0.390 e. The molecule has 1 heterocycles. The number of hydrogen-bond donors (Lipinski definition) is 3. The van der Waals surface area contributed by atoms with Gasteiger partial charge >= 0.3 is 5.69 Å². The third-order valence-corrected chi connectivity index (χ3v) is 3.64. The molecule has 0 saturated carbocycles. The van der Waals surface area contributed by atoms with Crippen LogP contribution in [-0.2, 0) is 6.54 Å². The Balaban J connectivity index is 3.20. The molecule has 0 aliphatic heterocycles. The molecule has 0 amide bonds. The van der Waals surface area contributed by atoms with Gasteiger partial charge in [-0.05, 0) is 33.6 Å². The number of anilines is 2. The van der Waals surface area contributed by atoms with Gasteiger partial charge in [-0.25, -0.2) is 4.79 Å². The average Bonchev–Trinajstić information content (AvgIpc) is 2.40. The van der Waals surface area contributed by atoms with Crippen molar-refractivity contribution in [1.29, 1.82) is 0 Å². The molecular formula is C15H28N4O3. The van der Waals surface area contributed by atoms with Crippen LogP contribution in [0.2, 0.25) is 0 Å². The molecule has 1 aromatic heterocycles. The van der Waals surface area contributed by atoms with Crippen LogP contribution >= 0.6 is 0 Å². The zero-order valence-electron chi connectivity index (χ0n) is 14.0. The van der Waals surface area contributed by atoms with Crippen LogP contribution in [0.1, 0.15) is 47.0 Å². The van der Waals surface area contributed by atoms with E-state index in [9.17, 15) is 14.7 Å². The first-order chi connectivity index (χ1) is 10.2. The summed E-state index contributed by atoms with van der Waals surface area (Å²) in [5.74, 6) is 0.194. The number of unbranched alkanes of at least 4 members (excludes halogenated alkanes) is 1. The van der Waals surface area contributed by atoms with Crippen molar-refractivity contribution in [3.05, 3.63) is 20.8 Å². The first kappa shape index (κ1) is 18.3. The molecule has 0 aliphatic rings. The van der Waals surface area contributed by atoms with Crippen LogP contribution < -0.4 is 21.9 Å². The molecule has 0 bridgehead atoms. The summed E-state index contributed by atoms with van der Waals surface area (Å²) in [6.07, 6.45) is 2.23. The maximum atomic E-state index is 12.2. The zero-order valence-corrected chi connectivity index (χ0v) is 14.0. The van der Waals surface area contributed by atoms with Gasteiger partial charge in [0.1, 0.15) is 11.5 Å². The van der Waals surface area contributed by atoms with Crippen LogP contribution in [-0.4, -0.2) is 33.3 Å². The highest BCUT2D eigenvalue weighted by Crippen LogP contribution is 2.19. The van der Waals surface area contributed by atoms with Gasteiger partial charge in [0.2, 0.25) is 0 Å². The predicted molar refractivity (Wildman–Crippen MR) is 89.4 cm³/mol. The number of nitrogen functional groups attached to an aromatic ring is 1. The average molecular weight is 312 g/mol. The zero-order chi connectivity index (χ0) is 16.9. The molecule has 0 radical (unpaired) electrons. The van der Waals surface area contributed by atoms with E-state index in [2.05, 4.69) is 4.98 Å². The Hall–Kier alpha value is -1.76. The van der Waals surface area contributed by atoms with Crippen LogP contribution in [0.25, 0.3) is 0 Å². The van der Waals surface area contributed by atoms with Crippen molar-refractivity contribution >= 4 is 11.5 Å². The van der Waals surface area contributed by atoms with Gasteiger partial charge in [0, 0.05) is 19.6 Å². The first-order valence-corrected chi connectivity index (χ1v) is 7.81. The predicted octanol–water partition coefficient (Wildman–Crippen LogP) is 0.906. The second kappa shape index (κ2) is 7.49. The molecule has 0 aliphatic carbocycles. The fraction of sp³-hybridized carbons (Fsp3) is 0.733. The monoisotopic (exact) mass is 312 g/mol. The smallest absolute Gasteiger partial charge is 0.330 e. The lowest BCUT2D eigenvalue weighted by atomic mass is 10.1. The lowest BCUT2D eigenvalue weighted by molar-refractivity contribution is 0.0731. The number of H-pyrrole nitrogens is 1. The van der Waals surface area contributed by atoms with Gasteiger partial charge in [-0.15, -0.1) is 0 Å². The van der Waals surface area contributed by atoms with E-state index >= 15 is 0 Å². The Morgan fingerprint density at radius 3 is 2.45 bits per heavy atom. The number of hydrogen-bond acceptors (Lipinski definition) is 5. The Labute approximate surface area is 130 Å². The molecule has 7 nitrogen and oxygen atoms in total. The number of nitrogens with two attached hydrogens (primary N) is 1. The lowest BCUT2D eigenvalue weighted by Crippen LogP contribution is -2.40. The van der Waals surface area contributed by atoms with Gasteiger partial charge in [-0.2, -0.15) is 0 Å². The summed E-state index contributed by atoms with van der Waals surface area (Å²) in [6.45, 7) is 8.90. The van der Waals surface area contributed by atoms with Gasteiger partial charge in [0.25, 0.3) is 5.56 Å². The van der Waals surface area contributed by atoms with Gasteiger partial charge in [0.05, 0.1) is 5.60 Å². The standard InChI is InChI=1S/C15H28N4O3/c1-5-7-9-19-12(16)11(13(20)17-14(19)21)18(6-2)10-8-15(3,4)22/h22H,5-10,16H2,1-4H3,(H,17,20,21). The van der Waals surface area contributed by atoms with E-state index < -0.39 is 16.9 Å². The van der Waals surface area contributed by atoms with Crippen LogP contribution in [0, 0.1) is 0 Å². The highest BCUT2D eigenvalue weighted by atomic mass is 16.3. The van der Waals surface area contributed by atoms with Crippen LogP contribution in [0.5, 0.6) is 0 Å². The Morgan fingerprint density at radius 2 is 1.95 bits per heavy atom. The molecule has 1 rings (SSSR count). The van der Waals surface area contributed by atoms with Crippen molar-refractivity contribution in [2.24, 2.45) is 0 Å². The molecule has 22 heavy (non-hydrogen) atoms. The molecule has 0 unspecified atom stereocenters. The maximum absolute atomic E-state index is 12.2. The SMILES string of the molecule is CCCCn1c(N)c(N(CC)CCC(C)(C)O)c(=O)[nH]c1=O. The van der Waals surface area contributed by atoms with Crippen molar-refractivity contribution in [1.82, 2.24) is 9.55 Å². The molecule has 1 aromatic rings. The van der Waals surface area contributed by atoms with Crippen molar-refractivity contribution < 1.29 is 5.11 Å². The summed E-state index contributed by atoms with van der Waals surface area (Å²) in [6, 6.07) is 0. The molecule has 0 spiro atoms. The second-order valence-corrected chi connectivity index (χ2v) is 6.14. The van der Waals surface area contributed by atoms with E-state index in [4.69, 9.17) is 5.73 Å². The topological polar surface area (TPSA) is 104 Å². The molecule has 0 atom stereocenters. The fourth-order valence-corrected chi connectivity index (χ4v) is 2.26. The Bertz CT molecular complexity index is 598. The van der Waals surface area contributed by atoms with E-state index in [1.807, 2.05) is 13.8 Å². The van der Waals surface area contributed by atoms with Gasteiger partial charge in [0.15, 0.2) is 0 Å². The fourth-order valence-electron chi connectivity index (χ4n) is 2.26. The quantitative estimate of drug-likeness (QED) is 0.662. The summed E-state index contributed by atoms with van der Waals surface area (Å²) >= 11 is 0. The van der Waals surface area contributed by atoms with Crippen LogP contribution in [0.4, 0.5) is 11.5 Å². The summed E-state index contributed by atoms with van der Waals surface area (Å²) in [4.78, 5) is 28.2. The van der Waals surface area contributed by atoms with E-state index in [1.165, 1.54) is 4.57 Å². The normalized spacial score (nSPS) is 11.7. The minimum absolute atomic E-state index is 0.194. The molecular weight excluding hydrogens is 284 g/mol. The number of nitrogens with one attached hydrogen (secondary N) is 1. The minimum atomic E-state index is -0.828. The van der Waals surface area contributed by atoms with Gasteiger partial charge in [-0.1, -0.05) is 13.3 Å². The third-order valence-electron chi connectivity index (χ3n) is 3.64. The molecule has 0 aromatic carbocycles. The number of rotatable bonds is 8. The molecule has 126 valence electrons. The molecule has 7 heteroatoms. The van der Waals surface area contributed by atoms with E-state index in [-0.39, 0.29) is 5.82 Å². The first-order valence-electron chi connectivity index (χ1n) is 7.81. The van der Waals surface area contributed by atoms with Gasteiger partial charge < -0.3 is 15.7 Å². The molecule has 0 fully saturated rings. The molecule has 0 saturated heterocycles. The highest BCUT2D eigenvalue weighted by Gasteiger charge is 2.20. The van der Waals surface area contributed by atoms with Crippen molar-refractivity contribution in [3.63, 3.8) is 0 Å². The number of aromatic nitrogens is 2. The maximum Gasteiger partial charge on any atom is 0.330 e. The van der Waals surface area contributed by atoms with Crippen LogP contribution in [0.3, 0.4) is 0 Å². The van der Waals surface area contributed by atoms with Crippen molar-refractivity contribution in [2.75, 3.05) is 23.7 Å². The Morgan fingerprint density at radius 1 is 1.32 bits per heavy atom. The van der Waals surface area contributed by atoms with E-state index in [0.717, 1.165) is 12.8 Å². The minimum Gasteiger partial charge on any atom is -0.390 e. The highest BCUT2D eigenvalue weighted by molar-refractivity contribution is 5.62. The third kappa shape index (κ3) is 4.62. The van der Waals surface area contributed by atoms with Crippen LogP contribution in [0.15, 0.2) is 9.59 Å². The summed E-state index contributed by atoms with van der Waals surface area (Å²) < 4.78 is 1.41. The number of nitrogens with zero attached hydrogens (tertiary/aromatic N) is 2. The molecule has 4 N–H and O–H groups in total. The number of aromatic amines is 1. The summed E-state index contributed by atoms with van der Waals surface area (Å²) in [5.41, 5.74) is 4.61. The van der Waals surface area contributed by atoms with E-state index in [0.29, 0.717) is 31.7 Å². The van der Waals surface area contributed by atoms with E-state index in [1.54, 1.807) is 18.7 Å². The summed E-state index contributed by atoms with van der Waals surface area (Å²) in [5, 5.41) is 9.86. The van der Waals surface area contributed by atoms with Crippen molar-refractivity contribution in [2.45, 2.75) is 59.1 Å². The second-order valence-electron chi connectivity index (χ2n) is 6.14. The van der Waals surface area contributed by atoms with Crippen molar-refractivity contribution in [3.8, 4) is 0 Å². The van der Waals surface area contributed by atoms with Gasteiger partial charge in [-0.3, -0.25) is 14.3 Å². The number of aliphatic hydroxyl groups is 1. The lowest BCUT2D eigenvalue weighted by Gasteiger charge is -2.27. The Kier molecular flexibility index (Phi) is 6.22. The summed E-state index contributed by atoms with van der Waals surface area (Å²) in [7, 11) is 0.